The molecular weight excluding hydrogens is 202 g/mol. The van der Waals surface area contributed by atoms with Crippen LogP contribution >= 0.6 is 0 Å². The second kappa shape index (κ2) is 5.19. The maximum atomic E-state index is 13.7. The van der Waals surface area contributed by atoms with Gasteiger partial charge >= 0.3 is 0 Å². The van der Waals surface area contributed by atoms with E-state index in [0.717, 1.165) is 0 Å². The van der Waals surface area contributed by atoms with Crippen LogP contribution in [0.2, 0.25) is 0 Å². The molecule has 0 heterocycles. The molecule has 0 bridgehead atoms. The Morgan fingerprint density at radius 1 is 1.40 bits per heavy atom. The van der Waals surface area contributed by atoms with Crippen molar-refractivity contribution in [1.82, 2.24) is 0 Å². The van der Waals surface area contributed by atoms with Gasteiger partial charge in [0, 0.05) is 25.2 Å². The van der Waals surface area contributed by atoms with Crippen molar-refractivity contribution in [2.75, 3.05) is 13.7 Å². The van der Waals surface area contributed by atoms with Crippen molar-refractivity contribution >= 4 is 0 Å². The van der Waals surface area contributed by atoms with Crippen LogP contribution in [0.15, 0.2) is 12.1 Å². The number of hydrogen-bond donors (Lipinski definition) is 1. The first kappa shape index (κ1) is 12.1. The van der Waals surface area contributed by atoms with E-state index in [1.54, 1.807) is 6.92 Å². The second-order valence-corrected chi connectivity index (χ2v) is 3.45. The largest absolute Gasteiger partial charge is 0.396 e. The van der Waals surface area contributed by atoms with E-state index in [2.05, 4.69) is 0 Å². The Kier molecular flexibility index (Phi) is 4.17. The van der Waals surface area contributed by atoms with Gasteiger partial charge in [-0.3, -0.25) is 0 Å². The molecule has 1 aromatic carbocycles. The van der Waals surface area contributed by atoms with Crippen LogP contribution in [-0.4, -0.2) is 18.8 Å². The third-order valence-corrected chi connectivity index (χ3v) is 2.31. The normalized spacial score (nSPS) is 12.9. The number of methoxy groups -OCH3 is 1. The Balaban J connectivity index is 3.15. The first-order valence-corrected chi connectivity index (χ1v) is 4.68. The van der Waals surface area contributed by atoms with Crippen LogP contribution in [0.25, 0.3) is 0 Å². The fourth-order valence-electron chi connectivity index (χ4n) is 1.37. The van der Waals surface area contributed by atoms with E-state index >= 15 is 0 Å². The van der Waals surface area contributed by atoms with Crippen LogP contribution in [0.4, 0.5) is 8.78 Å². The molecule has 1 unspecified atom stereocenters. The van der Waals surface area contributed by atoms with Gasteiger partial charge < -0.3 is 9.84 Å². The first-order chi connectivity index (χ1) is 7.11. The maximum Gasteiger partial charge on any atom is 0.135 e. The smallest absolute Gasteiger partial charge is 0.135 e. The topological polar surface area (TPSA) is 29.5 Å². The molecule has 1 aromatic rings. The fourth-order valence-corrected chi connectivity index (χ4v) is 1.37. The van der Waals surface area contributed by atoms with Crippen molar-refractivity contribution in [2.24, 2.45) is 0 Å². The molecule has 0 fully saturated rings. The molecule has 15 heavy (non-hydrogen) atoms. The Morgan fingerprint density at radius 3 is 2.60 bits per heavy atom. The van der Waals surface area contributed by atoms with Crippen molar-refractivity contribution in [3.63, 3.8) is 0 Å². The summed E-state index contributed by atoms with van der Waals surface area (Å²) < 4.78 is 31.6. The molecule has 2 nitrogen and oxygen atoms in total. The number of ether oxygens (including phenoxy) is 1. The van der Waals surface area contributed by atoms with Crippen LogP contribution in [-0.2, 0) is 11.3 Å². The summed E-state index contributed by atoms with van der Waals surface area (Å²) in [7, 11) is 1.38. The summed E-state index contributed by atoms with van der Waals surface area (Å²) in [4.78, 5) is 0. The van der Waals surface area contributed by atoms with E-state index in [-0.39, 0.29) is 24.7 Å². The van der Waals surface area contributed by atoms with Crippen LogP contribution in [0.5, 0.6) is 0 Å². The molecular formula is C11H14F2O2. The van der Waals surface area contributed by atoms with Gasteiger partial charge in [-0.05, 0) is 11.6 Å². The summed E-state index contributed by atoms with van der Waals surface area (Å²) in [5.41, 5.74) is 0.223. The average Bonchev–Trinajstić information content (AvgIpc) is 2.23. The van der Waals surface area contributed by atoms with E-state index in [1.807, 2.05) is 0 Å². The van der Waals surface area contributed by atoms with Crippen molar-refractivity contribution in [3.8, 4) is 0 Å². The molecule has 0 aliphatic carbocycles. The van der Waals surface area contributed by atoms with Crippen LogP contribution in [0.1, 0.15) is 24.0 Å². The van der Waals surface area contributed by atoms with Crippen molar-refractivity contribution in [3.05, 3.63) is 34.9 Å². The number of aliphatic hydroxyl groups excluding tert-OH is 1. The van der Waals surface area contributed by atoms with E-state index in [0.29, 0.717) is 5.56 Å². The predicted molar refractivity (Wildman–Crippen MR) is 52.6 cm³/mol. The zero-order chi connectivity index (χ0) is 11.4. The molecule has 1 N–H and O–H groups in total. The Hall–Kier alpha value is -1.00. The molecule has 1 atom stereocenters. The predicted octanol–water partition coefficient (Wildman–Crippen LogP) is 2.21. The van der Waals surface area contributed by atoms with E-state index in [9.17, 15) is 8.78 Å². The lowest BCUT2D eigenvalue weighted by Crippen LogP contribution is -2.07. The summed E-state index contributed by atoms with van der Waals surface area (Å²) in [5.74, 6) is -1.59. The van der Waals surface area contributed by atoms with Gasteiger partial charge in [0.25, 0.3) is 0 Å². The fraction of sp³-hybridized carbons (Fsp3) is 0.455. The second-order valence-electron chi connectivity index (χ2n) is 3.45. The molecule has 0 saturated heterocycles. The van der Waals surface area contributed by atoms with Crippen LogP contribution < -0.4 is 0 Å². The van der Waals surface area contributed by atoms with Gasteiger partial charge in [-0.25, -0.2) is 8.78 Å². The quantitative estimate of drug-likeness (QED) is 0.836. The van der Waals surface area contributed by atoms with E-state index in [1.165, 1.54) is 19.2 Å². The highest BCUT2D eigenvalue weighted by atomic mass is 19.1. The molecule has 84 valence electrons. The number of aliphatic hydroxyl groups is 1. The first-order valence-electron chi connectivity index (χ1n) is 4.68. The Labute approximate surface area is 87.5 Å². The summed E-state index contributed by atoms with van der Waals surface area (Å²) in [6.07, 6.45) is 0. The average molecular weight is 216 g/mol. The molecule has 1 rings (SSSR count). The highest BCUT2D eigenvalue weighted by Crippen LogP contribution is 2.23. The highest BCUT2D eigenvalue weighted by molar-refractivity contribution is 5.29. The van der Waals surface area contributed by atoms with Gasteiger partial charge in [0.05, 0.1) is 6.61 Å². The minimum absolute atomic E-state index is 0.0877. The molecule has 0 aliphatic rings. The lowest BCUT2D eigenvalue weighted by atomic mass is 9.98. The zero-order valence-electron chi connectivity index (χ0n) is 8.76. The molecule has 0 radical (unpaired) electrons. The number of halogens is 2. The van der Waals surface area contributed by atoms with Gasteiger partial charge in [-0.2, -0.15) is 0 Å². The molecule has 0 saturated carbocycles. The van der Waals surface area contributed by atoms with Crippen molar-refractivity contribution in [2.45, 2.75) is 19.4 Å². The third-order valence-electron chi connectivity index (χ3n) is 2.31. The van der Waals surface area contributed by atoms with E-state index < -0.39 is 11.6 Å². The highest BCUT2D eigenvalue weighted by Gasteiger charge is 2.16. The third kappa shape index (κ3) is 2.52. The lowest BCUT2D eigenvalue weighted by Gasteiger charge is -2.13. The molecule has 0 spiro atoms. The van der Waals surface area contributed by atoms with Crippen molar-refractivity contribution in [1.29, 1.82) is 0 Å². The van der Waals surface area contributed by atoms with Gasteiger partial charge in [0.2, 0.25) is 0 Å². The van der Waals surface area contributed by atoms with Gasteiger partial charge in [0.1, 0.15) is 11.6 Å². The summed E-state index contributed by atoms with van der Waals surface area (Å²) in [5, 5.41) is 8.91. The Bertz CT molecular complexity index is 340. The number of hydrogen-bond acceptors (Lipinski definition) is 2. The molecule has 0 aromatic heterocycles. The summed E-state index contributed by atoms with van der Waals surface area (Å²) >= 11 is 0. The minimum atomic E-state index is -0.626. The number of rotatable bonds is 4. The molecule has 4 heteroatoms. The van der Waals surface area contributed by atoms with Gasteiger partial charge in [-0.1, -0.05) is 13.0 Å². The summed E-state index contributed by atoms with van der Waals surface area (Å²) in [6.45, 7) is 1.39. The van der Waals surface area contributed by atoms with Crippen molar-refractivity contribution < 1.29 is 18.6 Å². The maximum absolute atomic E-state index is 13.7. The van der Waals surface area contributed by atoms with Crippen LogP contribution in [0.3, 0.4) is 0 Å². The minimum Gasteiger partial charge on any atom is -0.396 e. The molecule has 0 aliphatic heterocycles. The Morgan fingerprint density at radius 2 is 2.07 bits per heavy atom. The lowest BCUT2D eigenvalue weighted by molar-refractivity contribution is 0.177. The standard InChI is InChI=1S/C11H14F2O2/c1-7(5-14)8-3-4-10(12)9(6-15-2)11(8)13/h3-4,7,14H,5-6H2,1-2H3. The van der Waals surface area contributed by atoms with Gasteiger partial charge in [0.15, 0.2) is 0 Å². The van der Waals surface area contributed by atoms with E-state index in [4.69, 9.17) is 9.84 Å². The number of benzene rings is 1. The monoisotopic (exact) mass is 216 g/mol. The summed E-state index contributed by atoms with van der Waals surface area (Å²) in [6, 6.07) is 2.55. The van der Waals surface area contributed by atoms with Crippen LogP contribution in [0, 0.1) is 11.6 Å². The van der Waals surface area contributed by atoms with Gasteiger partial charge in [-0.15, -0.1) is 0 Å². The zero-order valence-corrected chi connectivity index (χ0v) is 8.76. The SMILES string of the molecule is COCc1c(F)ccc(C(C)CO)c1F. The molecule has 0 amide bonds.